The number of rotatable bonds is 0. The zero-order valence-corrected chi connectivity index (χ0v) is 6.24. The Morgan fingerprint density at radius 1 is 1.33 bits per heavy atom. The van der Waals surface area contributed by atoms with Crippen LogP contribution in [0.3, 0.4) is 0 Å². The summed E-state index contributed by atoms with van der Waals surface area (Å²) in [5.74, 6) is 0. The number of hydrogen-bond donors (Lipinski definition) is 1. The van der Waals surface area contributed by atoms with Crippen molar-refractivity contribution in [1.82, 2.24) is 0 Å². The fraction of sp³-hybridized carbons (Fsp3) is 1.00. The van der Waals surface area contributed by atoms with E-state index in [-0.39, 0.29) is 25.9 Å². The summed E-state index contributed by atoms with van der Waals surface area (Å²) in [4.78, 5) is 0. The first-order valence-corrected chi connectivity index (χ1v) is 2.73. The molecule has 0 atom stereocenters. The van der Waals surface area contributed by atoms with Crippen molar-refractivity contribution in [2.75, 3.05) is 0 Å². The Labute approximate surface area is 68.1 Å². The molecule has 0 rings (SSSR count). The van der Waals surface area contributed by atoms with Crippen molar-refractivity contribution in [2.45, 2.75) is 5.51 Å². The van der Waals surface area contributed by atoms with Crippen LogP contribution in [0.25, 0.3) is 0 Å². The minimum absolute atomic E-state index is 0. The third-order valence-corrected chi connectivity index (χ3v) is 0.877. The summed E-state index contributed by atoms with van der Waals surface area (Å²) in [5.41, 5.74) is -5.53. The monoisotopic (exact) mass is 176 g/mol. The molecule has 0 aliphatic rings. The molecule has 0 aliphatic carbocycles. The van der Waals surface area contributed by atoms with Gasteiger partial charge in [0.1, 0.15) is 0 Å². The minimum atomic E-state index is -5.84. The van der Waals surface area contributed by atoms with Crippen LogP contribution in [0.2, 0.25) is 0 Å². The van der Waals surface area contributed by atoms with Gasteiger partial charge in [-0.2, -0.15) is 21.6 Å². The first kappa shape index (κ1) is 12.2. The van der Waals surface area contributed by atoms with Crippen LogP contribution in [0.4, 0.5) is 13.2 Å². The second kappa shape index (κ2) is 3.04. The van der Waals surface area contributed by atoms with Gasteiger partial charge in [0.2, 0.25) is 0 Å². The molecule has 0 aliphatic heterocycles. The summed E-state index contributed by atoms with van der Waals surface area (Å²) in [6.07, 6.45) is 0. The minimum Gasteiger partial charge on any atom is -1.00 e. The van der Waals surface area contributed by atoms with Gasteiger partial charge in [-0.1, -0.05) is 0 Å². The van der Waals surface area contributed by atoms with E-state index in [9.17, 15) is 13.2 Å². The van der Waals surface area contributed by atoms with Gasteiger partial charge in [-0.25, -0.2) is 0 Å². The molecule has 0 unspecified atom stereocenters. The molecule has 0 aromatic heterocycles. The largest absolute Gasteiger partial charge is 2.00 e. The van der Waals surface area contributed by atoms with Crippen LogP contribution >= 0.6 is 0 Å². The molecule has 3 nitrogen and oxygen atoms in total. The fourth-order valence-corrected chi connectivity index (χ4v) is 0. The van der Waals surface area contributed by atoms with Crippen molar-refractivity contribution in [1.29, 1.82) is 0 Å². The van der Waals surface area contributed by atoms with Crippen LogP contribution in [0.15, 0.2) is 0 Å². The van der Waals surface area contributed by atoms with E-state index in [0.29, 0.717) is 0 Å². The Hall–Kier alpha value is 0.466. The van der Waals surface area contributed by atoms with Crippen molar-refractivity contribution in [3.05, 3.63) is 0 Å². The number of hydrogen-bond acceptors (Lipinski definition) is 2. The molecule has 0 bridgehead atoms. The molecule has 54 valence electrons. The van der Waals surface area contributed by atoms with Crippen LogP contribution in [0, 0.1) is 0 Å². The molecule has 0 heterocycles. The van der Waals surface area contributed by atoms with Gasteiger partial charge in [-0.15, -0.1) is 0 Å². The first-order valence-electron chi connectivity index (χ1n) is 1.29. The summed E-state index contributed by atoms with van der Waals surface area (Å²) in [7, 11) is -5.84. The third-order valence-electron chi connectivity index (χ3n) is 0.292. The molecule has 0 saturated heterocycles. The van der Waals surface area contributed by atoms with Gasteiger partial charge in [0.25, 0.3) is 0 Å². The summed E-state index contributed by atoms with van der Waals surface area (Å²) in [6, 6.07) is 0. The van der Waals surface area contributed by atoms with Crippen LogP contribution in [0.5, 0.6) is 0 Å². The Bertz CT molecular complexity index is 176. The molecule has 0 fully saturated rings. The quantitative estimate of drug-likeness (QED) is 0.327. The van der Waals surface area contributed by atoms with E-state index in [4.69, 9.17) is 13.0 Å². The maximum atomic E-state index is 10.7. The normalized spacial score (nSPS) is 12.4. The van der Waals surface area contributed by atoms with Gasteiger partial charge in [0.05, 0.1) is 0 Å². The summed E-state index contributed by atoms with van der Waals surface area (Å²) >= 11 is 0. The van der Waals surface area contributed by atoms with Crippen molar-refractivity contribution >= 4 is 33.2 Å². The van der Waals surface area contributed by atoms with E-state index in [1.54, 1.807) is 0 Å². The smallest absolute Gasteiger partial charge is 1.00 e. The second-order valence-corrected chi connectivity index (χ2v) is 2.33. The van der Waals surface area contributed by atoms with Crippen LogP contribution < -0.4 is 0 Å². The van der Waals surface area contributed by atoms with Gasteiger partial charge in [0, 0.05) is 0 Å². The summed E-state index contributed by atoms with van der Waals surface area (Å²) < 4.78 is 57.5. The Balaban J connectivity index is -0.0000000817. The zero-order valence-electron chi connectivity index (χ0n) is 6.01. The third kappa shape index (κ3) is 3.95. The molecule has 0 amide bonds. The molecule has 0 radical (unpaired) electrons. The SMILES string of the molecule is O=S(=O)(O)C(F)(F)F.[H-].[H-].[Mg+2]. The molecule has 8 heteroatoms. The van der Waals surface area contributed by atoms with E-state index in [1.807, 2.05) is 0 Å². The van der Waals surface area contributed by atoms with Crippen molar-refractivity contribution in [3.63, 3.8) is 0 Å². The van der Waals surface area contributed by atoms with Crippen molar-refractivity contribution in [3.8, 4) is 0 Å². The van der Waals surface area contributed by atoms with Crippen LogP contribution in [-0.2, 0) is 10.1 Å². The number of alkyl halides is 3. The number of halogens is 3. The van der Waals surface area contributed by atoms with E-state index in [2.05, 4.69) is 0 Å². The molecule has 0 saturated carbocycles. The standard InChI is InChI=1S/CHF3O3S.Mg.2H/c2-1(3,4)8(5,6)7;;;/h(H,5,6,7);;;/q;+2;2*-1. The summed E-state index contributed by atoms with van der Waals surface area (Å²) in [5, 5.41) is 0. The van der Waals surface area contributed by atoms with E-state index in [1.165, 1.54) is 0 Å². The van der Waals surface area contributed by atoms with E-state index >= 15 is 0 Å². The fourth-order valence-electron chi connectivity index (χ4n) is 0. The maximum absolute atomic E-state index is 10.7. The molecular formula is CH3F3MgO3S. The van der Waals surface area contributed by atoms with Crippen LogP contribution in [-0.4, -0.2) is 41.5 Å². The topological polar surface area (TPSA) is 54.4 Å². The average molecular weight is 176 g/mol. The second-order valence-electron chi connectivity index (χ2n) is 0.921. The van der Waals surface area contributed by atoms with Gasteiger partial charge in [0.15, 0.2) is 0 Å². The Morgan fingerprint density at radius 2 is 1.44 bits per heavy atom. The Kier molecular flexibility index (Phi) is 4.11. The van der Waals surface area contributed by atoms with Gasteiger partial charge < -0.3 is 2.85 Å². The predicted octanol–water partition coefficient (Wildman–Crippen LogP) is 0.238. The molecule has 0 spiro atoms. The predicted molar refractivity (Wildman–Crippen MR) is 25.6 cm³/mol. The Morgan fingerprint density at radius 3 is 1.44 bits per heavy atom. The maximum Gasteiger partial charge on any atom is 2.00 e. The first-order chi connectivity index (χ1) is 3.25. The zero-order chi connectivity index (χ0) is 7.00. The van der Waals surface area contributed by atoms with E-state index < -0.39 is 15.6 Å². The molecule has 1 N–H and O–H groups in total. The molecule has 0 aromatic rings. The van der Waals surface area contributed by atoms with Gasteiger partial charge in [-0.3, -0.25) is 4.55 Å². The molecular weight excluding hydrogens is 173 g/mol. The molecule has 9 heavy (non-hydrogen) atoms. The van der Waals surface area contributed by atoms with Crippen molar-refractivity contribution in [2.24, 2.45) is 0 Å². The van der Waals surface area contributed by atoms with Crippen LogP contribution in [0.1, 0.15) is 2.85 Å². The average Bonchev–Trinajstić information content (AvgIpc) is 1.25. The summed E-state index contributed by atoms with van der Waals surface area (Å²) in [6.45, 7) is 0. The molecule has 0 aromatic carbocycles. The van der Waals surface area contributed by atoms with Crippen molar-refractivity contribution < 1.29 is 29.0 Å². The van der Waals surface area contributed by atoms with E-state index in [0.717, 1.165) is 0 Å². The van der Waals surface area contributed by atoms with Gasteiger partial charge >= 0.3 is 38.7 Å². The van der Waals surface area contributed by atoms with Gasteiger partial charge in [-0.05, 0) is 0 Å².